The number of rotatable bonds is 5. The number of oxime groups is 1. The number of para-hydroxylation sites is 1. The van der Waals surface area contributed by atoms with Crippen molar-refractivity contribution in [2.24, 2.45) is 11.1 Å². The molecule has 1 heterocycles. The zero-order valence-electron chi connectivity index (χ0n) is 19.0. The van der Waals surface area contributed by atoms with Gasteiger partial charge in [-0.2, -0.15) is 16.8 Å². The van der Waals surface area contributed by atoms with Gasteiger partial charge in [0.1, 0.15) is 21.2 Å². The Morgan fingerprint density at radius 1 is 0.882 bits per heavy atom. The molecule has 0 N–H and O–H groups in total. The van der Waals surface area contributed by atoms with E-state index >= 15 is 0 Å². The monoisotopic (exact) mass is 499 g/mol. The third-order valence-corrected chi connectivity index (χ3v) is 6.89. The highest BCUT2D eigenvalue weighted by Gasteiger charge is 2.34. The Labute approximate surface area is 201 Å². The summed E-state index contributed by atoms with van der Waals surface area (Å²) in [5, 5.41) is 3.90. The van der Waals surface area contributed by atoms with E-state index in [4.69, 9.17) is 9.02 Å². The fourth-order valence-electron chi connectivity index (χ4n) is 3.08. The number of hydrogen-bond acceptors (Lipinski definition) is 7. The molecule has 1 aliphatic heterocycles. The first-order valence-corrected chi connectivity index (χ1v) is 13.0. The fourth-order valence-corrected chi connectivity index (χ4v) is 4.83. The van der Waals surface area contributed by atoms with Crippen LogP contribution in [-0.2, 0) is 25.2 Å². The zero-order valence-corrected chi connectivity index (χ0v) is 20.6. The van der Waals surface area contributed by atoms with Gasteiger partial charge in [-0.3, -0.25) is 0 Å². The topological polar surface area (TPSA) is 99.1 Å². The van der Waals surface area contributed by atoms with Gasteiger partial charge in [-0.1, -0.05) is 85.2 Å². The highest BCUT2D eigenvalue weighted by atomic mass is 32.2. The minimum absolute atomic E-state index is 0.0628. The summed E-state index contributed by atoms with van der Waals surface area (Å²) < 4.78 is 51.4. The van der Waals surface area contributed by atoms with Gasteiger partial charge in [-0.05, 0) is 37.1 Å². The largest absolute Gasteiger partial charge is 0.386 e. The molecule has 0 saturated heterocycles. The summed E-state index contributed by atoms with van der Waals surface area (Å²) in [6, 6.07) is 24.2. The molecule has 1 aliphatic rings. The Morgan fingerprint density at radius 2 is 1.44 bits per heavy atom. The molecule has 0 spiro atoms. The highest BCUT2D eigenvalue weighted by Crippen LogP contribution is 2.20. The summed E-state index contributed by atoms with van der Waals surface area (Å²) >= 11 is 0. The minimum atomic E-state index is -3.73. The van der Waals surface area contributed by atoms with Gasteiger partial charge in [-0.25, -0.2) is 0 Å². The lowest BCUT2D eigenvalue weighted by Crippen LogP contribution is -2.29. The van der Waals surface area contributed by atoms with Crippen LogP contribution in [0.3, 0.4) is 0 Å². The molecular weight excluding hydrogens is 474 g/mol. The molecule has 7 nitrogen and oxygen atoms in total. The van der Waals surface area contributed by atoms with Crippen LogP contribution >= 0.6 is 0 Å². The molecule has 0 radical (unpaired) electrons. The Hall–Kier alpha value is -3.43. The third kappa shape index (κ3) is 6.33. The predicted octanol–water partition coefficient (Wildman–Crippen LogP) is 4.26. The molecule has 0 saturated carbocycles. The van der Waals surface area contributed by atoms with Gasteiger partial charge in [0.2, 0.25) is 10.3 Å². The summed E-state index contributed by atoms with van der Waals surface area (Å²) in [4.78, 5) is 5.61. The van der Waals surface area contributed by atoms with Crippen molar-refractivity contribution >= 4 is 31.0 Å². The van der Waals surface area contributed by atoms with Gasteiger partial charge in [0.15, 0.2) is 6.10 Å². The number of benzene rings is 3. The van der Waals surface area contributed by atoms with Gasteiger partial charge in [0, 0.05) is 5.56 Å². The van der Waals surface area contributed by atoms with Crippen molar-refractivity contribution in [3.63, 3.8) is 0 Å². The van der Waals surface area contributed by atoms with Crippen LogP contribution in [-0.4, -0.2) is 33.5 Å². The second-order valence-corrected chi connectivity index (χ2v) is 10.3. The first-order valence-electron chi connectivity index (χ1n) is 10.5. The van der Waals surface area contributed by atoms with Crippen LogP contribution < -0.4 is 4.18 Å². The van der Waals surface area contributed by atoms with Crippen LogP contribution in [0.4, 0.5) is 0 Å². The van der Waals surface area contributed by atoms with E-state index in [1.165, 1.54) is 12.1 Å². The first kappa shape index (κ1) is 25.2. The van der Waals surface area contributed by atoms with Gasteiger partial charge in [0.25, 0.3) is 0 Å². The van der Waals surface area contributed by atoms with E-state index < -0.39 is 26.5 Å². The Morgan fingerprint density at radius 3 is 1.97 bits per heavy atom. The molecule has 4 rings (SSSR count). The molecule has 34 heavy (non-hydrogen) atoms. The van der Waals surface area contributed by atoms with Crippen molar-refractivity contribution in [1.29, 1.82) is 0 Å². The van der Waals surface area contributed by atoms with Crippen molar-refractivity contribution in [2.75, 3.05) is 0 Å². The zero-order chi connectivity index (χ0) is 24.7. The number of aryl methyl sites for hydroxylation is 1. The van der Waals surface area contributed by atoms with E-state index in [9.17, 15) is 16.8 Å². The van der Waals surface area contributed by atoms with Crippen LogP contribution in [0.25, 0.3) is 0 Å². The lowest BCUT2D eigenvalue weighted by Gasteiger charge is -2.11. The molecular formula is C25H25NO6S2. The predicted molar refractivity (Wildman–Crippen MR) is 132 cm³/mol. The lowest BCUT2D eigenvalue weighted by atomic mass is 9.98. The maximum absolute atomic E-state index is 11.9. The van der Waals surface area contributed by atoms with Crippen LogP contribution in [0.5, 0.6) is 5.75 Å². The minimum Gasteiger partial charge on any atom is -0.386 e. The molecule has 0 aliphatic carbocycles. The number of nitrogens with zero attached hydrogens (tertiary/aromatic N) is 1. The molecule has 1 unspecified atom stereocenters. The van der Waals surface area contributed by atoms with Crippen LogP contribution in [0.2, 0.25) is 0 Å². The van der Waals surface area contributed by atoms with Crippen molar-refractivity contribution in [3.05, 3.63) is 96.1 Å². The normalized spacial score (nSPS) is 15.1. The van der Waals surface area contributed by atoms with Crippen molar-refractivity contribution < 1.29 is 25.9 Å². The van der Waals surface area contributed by atoms with Gasteiger partial charge in [0.05, 0.1) is 0 Å². The van der Waals surface area contributed by atoms with Crippen molar-refractivity contribution in [1.82, 2.24) is 0 Å². The van der Waals surface area contributed by atoms with Crippen LogP contribution in [0.1, 0.15) is 25.0 Å². The molecule has 0 fully saturated rings. The average molecular weight is 500 g/mol. The second kappa shape index (κ2) is 11.1. The van der Waals surface area contributed by atoms with E-state index in [-0.39, 0.29) is 15.7 Å². The standard InChI is InChI=1S/C13H12O3S.C12H13NO3S/c1-11-7-9-13(10-8-11)17(14,15)16-12-5-3-2-4-6-12;1-8(2)11-12(17(14)15)10(13-16-11)9-6-4-3-5-7-9/h2-10H,1H3;3-8,11H,1-2H3. The maximum Gasteiger partial charge on any atom is 0.339 e. The summed E-state index contributed by atoms with van der Waals surface area (Å²) in [6.45, 7) is 5.70. The third-order valence-electron chi connectivity index (χ3n) is 4.84. The Bertz CT molecular complexity index is 1370. The summed E-state index contributed by atoms with van der Waals surface area (Å²) in [7, 11) is -6.04. The van der Waals surface area contributed by atoms with E-state index in [2.05, 4.69) is 5.16 Å². The number of hydrogen-bond donors (Lipinski definition) is 0. The summed E-state index contributed by atoms with van der Waals surface area (Å²) in [6.07, 6.45) is -0.483. The van der Waals surface area contributed by atoms with Crippen molar-refractivity contribution in [2.45, 2.75) is 31.8 Å². The Balaban J connectivity index is 0.000000191. The van der Waals surface area contributed by atoms with Crippen LogP contribution in [0.15, 0.2) is 95.0 Å². The molecule has 0 amide bonds. The van der Waals surface area contributed by atoms with Gasteiger partial charge in [-0.15, -0.1) is 0 Å². The molecule has 178 valence electrons. The van der Waals surface area contributed by atoms with E-state index in [1.807, 2.05) is 51.1 Å². The van der Waals surface area contributed by atoms with Gasteiger partial charge < -0.3 is 9.02 Å². The highest BCUT2D eigenvalue weighted by molar-refractivity contribution is 7.87. The molecule has 0 aromatic heterocycles. The first-order chi connectivity index (χ1) is 16.2. The molecule has 3 aromatic carbocycles. The van der Waals surface area contributed by atoms with E-state index in [0.29, 0.717) is 11.5 Å². The fraction of sp³-hybridized carbons (Fsp3) is 0.200. The van der Waals surface area contributed by atoms with Gasteiger partial charge >= 0.3 is 10.1 Å². The summed E-state index contributed by atoms with van der Waals surface area (Å²) in [5.74, 6) is 0.376. The molecule has 9 heteroatoms. The molecule has 0 bridgehead atoms. The lowest BCUT2D eigenvalue weighted by molar-refractivity contribution is 0.0878. The quantitative estimate of drug-likeness (QED) is 0.384. The smallest absolute Gasteiger partial charge is 0.339 e. The average Bonchev–Trinajstić information content (AvgIpc) is 3.27. The van der Waals surface area contributed by atoms with E-state index in [1.54, 1.807) is 42.5 Å². The van der Waals surface area contributed by atoms with Crippen LogP contribution in [0, 0.1) is 12.8 Å². The summed E-state index contributed by atoms with van der Waals surface area (Å²) in [5.41, 5.74) is 2.18. The molecule has 1 atom stereocenters. The van der Waals surface area contributed by atoms with E-state index in [0.717, 1.165) is 11.1 Å². The van der Waals surface area contributed by atoms with Crippen molar-refractivity contribution in [3.8, 4) is 5.75 Å². The molecule has 3 aromatic rings. The maximum atomic E-state index is 11.9. The second-order valence-electron chi connectivity index (χ2n) is 7.84. The SMILES string of the molecule is CC(C)C1ON=C(c2ccccc2)C1=S(=O)=O.Cc1ccc(S(=O)(=O)Oc2ccccc2)cc1. The Kier molecular flexibility index (Phi) is 8.25.